The van der Waals surface area contributed by atoms with Crippen LogP contribution in [0.5, 0.6) is 5.75 Å². The van der Waals surface area contributed by atoms with Crippen LogP contribution in [0, 0.1) is 0 Å². The second-order valence-corrected chi connectivity index (χ2v) is 7.25. The highest BCUT2D eigenvalue weighted by atomic mass is 32.2. The summed E-state index contributed by atoms with van der Waals surface area (Å²) in [5.41, 5.74) is 1.99. The predicted molar refractivity (Wildman–Crippen MR) is 101 cm³/mol. The van der Waals surface area contributed by atoms with Crippen molar-refractivity contribution < 1.29 is 12.6 Å². The first-order valence-corrected chi connectivity index (χ1v) is 9.49. The average molecular weight is 361 g/mol. The van der Waals surface area contributed by atoms with Crippen LogP contribution in [-0.2, 0) is 10.1 Å². The molecule has 1 heterocycles. The van der Waals surface area contributed by atoms with E-state index in [9.17, 15) is 8.42 Å². The summed E-state index contributed by atoms with van der Waals surface area (Å²) >= 11 is 0. The quantitative estimate of drug-likeness (QED) is 0.496. The van der Waals surface area contributed by atoms with Crippen molar-refractivity contribution in [3.05, 3.63) is 91.1 Å². The Morgan fingerprint density at radius 3 is 2.31 bits per heavy atom. The molecule has 0 fully saturated rings. The Kier molecular flexibility index (Phi) is 4.14. The summed E-state index contributed by atoms with van der Waals surface area (Å²) in [4.78, 5) is 4.26. The van der Waals surface area contributed by atoms with Gasteiger partial charge in [0.2, 0.25) is 0 Å². The molecule has 0 amide bonds. The van der Waals surface area contributed by atoms with Gasteiger partial charge in [0.25, 0.3) is 0 Å². The average Bonchev–Trinajstić information content (AvgIpc) is 2.68. The molecular weight excluding hydrogens is 346 g/mol. The molecule has 0 N–H and O–H groups in total. The van der Waals surface area contributed by atoms with Crippen LogP contribution in [0.2, 0.25) is 0 Å². The van der Waals surface area contributed by atoms with Crippen LogP contribution >= 0.6 is 0 Å². The summed E-state index contributed by atoms with van der Waals surface area (Å²) in [5.74, 6) is 0.284. The number of rotatable bonds is 4. The number of benzene rings is 3. The Morgan fingerprint density at radius 2 is 1.46 bits per heavy atom. The zero-order chi connectivity index (χ0) is 18.0. The highest BCUT2D eigenvalue weighted by Crippen LogP contribution is 2.32. The van der Waals surface area contributed by atoms with E-state index in [1.807, 2.05) is 54.6 Å². The third-order valence-corrected chi connectivity index (χ3v) is 5.30. The predicted octanol–water partition coefficient (Wildman–Crippen LogP) is 4.67. The number of hydrogen-bond donors (Lipinski definition) is 0. The topological polar surface area (TPSA) is 56.3 Å². The summed E-state index contributed by atoms with van der Waals surface area (Å²) in [7, 11) is -4.03. The van der Waals surface area contributed by atoms with Gasteiger partial charge in [0, 0.05) is 17.1 Å². The lowest BCUT2D eigenvalue weighted by atomic mass is 10.1. The van der Waals surface area contributed by atoms with Crippen molar-refractivity contribution in [2.75, 3.05) is 0 Å². The van der Waals surface area contributed by atoms with E-state index < -0.39 is 10.1 Å². The fourth-order valence-electron chi connectivity index (χ4n) is 2.84. The zero-order valence-corrected chi connectivity index (χ0v) is 14.6. The molecule has 0 saturated heterocycles. The molecule has 26 heavy (non-hydrogen) atoms. The van der Waals surface area contributed by atoms with Crippen molar-refractivity contribution in [2.45, 2.75) is 4.90 Å². The molecule has 0 bridgehead atoms. The van der Waals surface area contributed by atoms with Gasteiger partial charge in [0.15, 0.2) is 5.75 Å². The van der Waals surface area contributed by atoms with E-state index in [2.05, 4.69) is 4.98 Å². The van der Waals surface area contributed by atoms with Crippen LogP contribution in [0.15, 0.2) is 96.0 Å². The maximum Gasteiger partial charge on any atom is 0.341 e. The van der Waals surface area contributed by atoms with Crippen LogP contribution < -0.4 is 4.18 Å². The Hall–Kier alpha value is -3.18. The lowest BCUT2D eigenvalue weighted by Crippen LogP contribution is -2.11. The molecule has 3 aromatic carbocycles. The second kappa shape index (κ2) is 6.61. The van der Waals surface area contributed by atoms with Crippen molar-refractivity contribution in [3.8, 4) is 16.9 Å². The minimum absolute atomic E-state index is 0.0541. The fraction of sp³-hybridized carbons (Fsp3) is 0. The SMILES string of the molecule is O=S(=O)(Oc1ccccc1-c1ccccc1)c1cccc2cccnc12. The van der Waals surface area contributed by atoms with Gasteiger partial charge >= 0.3 is 10.1 Å². The molecule has 0 aliphatic rings. The Morgan fingerprint density at radius 1 is 0.731 bits per heavy atom. The molecule has 4 rings (SSSR count). The largest absolute Gasteiger partial charge is 0.378 e. The fourth-order valence-corrected chi connectivity index (χ4v) is 3.96. The molecule has 4 nitrogen and oxygen atoms in total. The molecule has 5 heteroatoms. The zero-order valence-electron chi connectivity index (χ0n) is 13.7. The van der Waals surface area contributed by atoms with Gasteiger partial charge in [0.05, 0.1) is 5.52 Å². The molecule has 0 spiro atoms. The summed E-state index contributed by atoms with van der Waals surface area (Å²) in [6.07, 6.45) is 1.57. The Labute approximate surface area is 151 Å². The van der Waals surface area contributed by atoms with Crippen LogP contribution in [0.3, 0.4) is 0 Å². The lowest BCUT2D eigenvalue weighted by Gasteiger charge is -2.12. The molecule has 1 aromatic heterocycles. The number of pyridine rings is 1. The van der Waals surface area contributed by atoms with Gasteiger partial charge in [-0.15, -0.1) is 0 Å². The summed E-state index contributed by atoms with van der Waals surface area (Å²) in [6.45, 7) is 0. The summed E-state index contributed by atoms with van der Waals surface area (Å²) < 4.78 is 31.4. The molecule has 4 aromatic rings. The minimum atomic E-state index is -4.03. The molecule has 128 valence electrons. The molecular formula is C21H15NO3S. The van der Waals surface area contributed by atoms with Crippen molar-refractivity contribution in [2.24, 2.45) is 0 Å². The van der Waals surface area contributed by atoms with Crippen LogP contribution in [0.4, 0.5) is 0 Å². The number of fused-ring (bicyclic) bond motifs is 1. The third-order valence-electron chi connectivity index (χ3n) is 4.04. The van der Waals surface area contributed by atoms with Gasteiger partial charge < -0.3 is 4.18 Å². The van der Waals surface area contributed by atoms with Gasteiger partial charge in [-0.2, -0.15) is 8.42 Å². The Bertz CT molecular complexity index is 1170. The smallest absolute Gasteiger partial charge is 0.341 e. The molecule has 0 aliphatic heterocycles. The van der Waals surface area contributed by atoms with Gasteiger partial charge in [-0.05, 0) is 23.8 Å². The first-order chi connectivity index (χ1) is 12.6. The number of aromatic nitrogens is 1. The van der Waals surface area contributed by atoms with Crippen molar-refractivity contribution in [3.63, 3.8) is 0 Å². The van der Waals surface area contributed by atoms with E-state index in [1.54, 1.807) is 30.5 Å². The van der Waals surface area contributed by atoms with Crippen LogP contribution in [0.1, 0.15) is 0 Å². The number of para-hydroxylation sites is 2. The maximum atomic E-state index is 12.9. The lowest BCUT2D eigenvalue weighted by molar-refractivity contribution is 0.487. The molecule has 0 atom stereocenters. The van der Waals surface area contributed by atoms with E-state index in [-0.39, 0.29) is 10.6 Å². The van der Waals surface area contributed by atoms with E-state index >= 15 is 0 Å². The second-order valence-electron chi connectivity index (χ2n) is 5.73. The molecule has 0 aliphatic carbocycles. The van der Waals surface area contributed by atoms with Crippen molar-refractivity contribution in [1.82, 2.24) is 4.98 Å². The minimum Gasteiger partial charge on any atom is -0.378 e. The van der Waals surface area contributed by atoms with E-state index in [1.165, 1.54) is 6.07 Å². The molecule has 0 saturated carbocycles. The van der Waals surface area contributed by atoms with Crippen molar-refractivity contribution >= 4 is 21.0 Å². The number of nitrogens with zero attached hydrogens (tertiary/aromatic N) is 1. The van der Waals surface area contributed by atoms with E-state index in [0.717, 1.165) is 10.9 Å². The Balaban J connectivity index is 1.80. The summed E-state index contributed by atoms with van der Waals surface area (Å²) in [5, 5.41) is 0.744. The van der Waals surface area contributed by atoms with Gasteiger partial charge in [-0.1, -0.05) is 66.7 Å². The standard InChI is InChI=1S/C21H15NO3S/c23-26(24,20-14-6-10-17-11-7-15-22-21(17)20)25-19-13-5-4-12-18(19)16-8-2-1-3-9-16/h1-15H. The molecule has 0 unspecified atom stereocenters. The molecule has 0 radical (unpaired) electrons. The highest BCUT2D eigenvalue weighted by molar-refractivity contribution is 7.87. The van der Waals surface area contributed by atoms with Gasteiger partial charge in [-0.3, -0.25) is 4.98 Å². The van der Waals surface area contributed by atoms with Gasteiger partial charge in [0.1, 0.15) is 4.90 Å². The van der Waals surface area contributed by atoms with Crippen LogP contribution in [-0.4, -0.2) is 13.4 Å². The first kappa shape index (κ1) is 16.3. The first-order valence-electron chi connectivity index (χ1n) is 8.08. The summed E-state index contributed by atoms with van der Waals surface area (Å²) in [6, 6.07) is 25.2. The van der Waals surface area contributed by atoms with Crippen molar-refractivity contribution in [1.29, 1.82) is 0 Å². The maximum absolute atomic E-state index is 12.9. The highest BCUT2D eigenvalue weighted by Gasteiger charge is 2.22. The monoisotopic (exact) mass is 361 g/mol. The number of hydrogen-bond acceptors (Lipinski definition) is 4. The normalized spacial score (nSPS) is 11.4. The van der Waals surface area contributed by atoms with Gasteiger partial charge in [-0.25, -0.2) is 0 Å². The van der Waals surface area contributed by atoms with Crippen LogP contribution in [0.25, 0.3) is 22.0 Å². The third kappa shape index (κ3) is 3.05. The van der Waals surface area contributed by atoms with E-state index in [0.29, 0.717) is 11.1 Å². The van der Waals surface area contributed by atoms with E-state index in [4.69, 9.17) is 4.18 Å².